The van der Waals surface area contributed by atoms with Crippen molar-refractivity contribution in [2.24, 2.45) is 5.92 Å². The van der Waals surface area contributed by atoms with Gasteiger partial charge in [0.1, 0.15) is 0 Å². The second-order valence-corrected chi connectivity index (χ2v) is 9.31. The zero-order chi connectivity index (χ0) is 22.9. The van der Waals surface area contributed by atoms with Gasteiger partial charge in [-0.05, 0) is 52.3 Å². The third-order valence-corrected chi connectivity index (χ3v) is 7.22. The van der Waals surface area contributed by atoms with Crippen molar-refractivity contribution in [3.05, 3.63) is 81.8 Å². The fraction of sp³-hybridized carbons (Fsp3) is 0.259. The van der Waals surface area contributed by atoms with Crippen LogP contribution in [0.1, 0.15) is 27.9 Å². The number of nitrogens with zero attached hydrogens (tertiary/aromatic N) is 2. The number of thiophene rings is 1. The molecule has 0 saturated heterocycles. The van der Waals surface area contributed by atoms with Crippen LogP contribution in [0.3, 0.4) is 0 Å². The maximum Gasteiger partial charge on any atom is 0.264 e. The Labute approximate surface area is 198 Å². The van der Waals surface area contributed by atoms with Crippen molar-refractivity contribution >= 4 is 22.8 Å². The van der Waals surface area contributed by atoms with Crippen LogP contribution in [0.5, 0.6) is 11.5 Å². The average Bonchev–Trinajstić information content (AvgIpc) is 3.53. The number of aromatic nitrogens is 1. The average molecular weight is 459 g/mol. The molecular weight excluding hydrogens is 432 g/mol. The van der Waals surface area contributed by atoms with Crippen LogP contribution in [0.2, 0.25) is 0 Å². The molecule has 5 rings (SSSR count). The third kappa shape index (κ3) is 3.95. The summed E-state index contributed by atoms with van der Waals surface area (Å²) in [6.45, 7) is 3.55. The maximum absolute atomic E-state index is 12.8. The Balaban J connectivity index is 1.42. The van der Waals surface area contributed by atoms with Gasteiger partial charge in [0.2, 0.25) is 0 Å². The number of hydrogen-bond donors (Lipinski definition) is 0. The summed E-state index contributed by atoms with van der Waals surface area (Å²) < 4.78 is 10.9. The van der Waals surface area contributed by atoms with Crippen molar-refractivity contribution in [1.29, 1.82) is 0 Å². The number of fused-ring (bicyclic) bond motifs is 1. The van der Waals surface area contributed by atoms with Gasteiger partial charge in [-0.25, -0.2) is 0 Å². The van der Waals surface area contributed by atoms with Crippen LogP contribution in [-0.2, 0) is 6.42 Å². The van der Waals surface area contributed by atoms with Crippen molar-refractivity contribution in [2.75, 3.05) is 27.3 Å². The Morgan fingerprint density at radius 3 is 2.67 bits per heavy atom. The number of amides is 1. The first-order chi connectivity index (χ1) is 16.1. The Hall–Kier alpha value is -3.38. The van der Waals surface area contributed by atoms with E-state index in [4.69, 9.17) is 14.5 Å². The number of hydrogen-bond acceptors (Lipinski definition) is 5. The summed E-state index contributed by atoms with van der Waals surface area (Å²) in [6, 6.07) is 12.0. The smallest absolute Gasteiger partial charge is 0.264 e. The summed E-state index contributed by atoms with van der Waals surface area (Å²) in [7, 11) is 3.28. The van der Waals surface area contributed by atoms with Crippen molar-refractivity contribution in [1.82, 2.24) is 9.88 Å². The van der Waals surface area contributed by atoms with Crippen LogP contribution in [0, 0.1) is 5.92 Å². The zero-order valence-corrected chi connectivity index (χ0v) is 19.8. The molecule has 2 aromatic heterocycles. The van der Waals surface area contributed by atoms with Gasteiger partial charge in [0.25, 0.3) is 5.91 Å². The fourth-order valence-electron chi connectivity index (χ4n) is 4.66. The van der Waals surface area contributed by atoms with Crippen LogP contribution >= 0.6 is 11.3 Å². The minimum Gasteiger partial charge on any atom is -0.493 e. The van der Waals surface area contributed by atoms with Crippen molar-refractivity contribution in [2.45, 2.75) is 13.3 Å². The monoisotopic (exact) mass is 458 g/mol. The van der Waals surface area contributed by atoms with E-state index >= 15 is 0 Å². The van der Waals surface area contributed by atoms with Crippen molar-refractivity contribution in [3.63, 3.8) is 0 Å². The van der Waals surface area contributed by atoms with Crippen molar-refractivity contribution < 1.29 is 14.3 Å². The zero-order valence-electron chi connectivity index (χ0n) is 19.0. The molecule has 0 saturated carbocycles. The highest BCUT2D eigenvalue weighted by Crippen LogP contribution is 2.40. The van der Waals surface area contributed by atoms with Gasteiger partial charge in [0.15, 0.2) is 11.5 Å². The number of rotatable bonds is 5. The van der Waals surface area contributed by atoms with E-state index in [1.807, 2.05) is 46.8 Å². The van der Waals surface area contributed by atoms with Gasteiger partial charge in [-0.15, -0.1) is 11.3 Å². The largest absolute Gasteiger partial charge is 0.493 e. The molecule has 1 aliphatic heterocycles. The minimum absolute atomic E-state index is 0.116. The van der Waals surface area contributed by atoms with Gasteiger partial charge in [0, 0.05) is 36.8 Å². The van der Waals surface area contributed by atoms with E-state index in [0.29, 0.717) is 18.0 Å². The van der Waals surface area contributed by atoms with Gasteiger partial charge in [0.05, 0.1) is 24.8 Å². The Bertz CT molecular complexity index is 1260. The highest BCUT2D eigenvalue weighted by Gasteiger charge is 2.29. The summed E-state index contributed by atoms with van der Waals surface area (Å²) in [5, 5.41) is 1.95. The quantitative estimate of drug-likeness (QED) is 0.508. The molecule has 33 heavy (non-hydrogen) atoms. The summed E-state index contributed by atoms with van der Waals surface area (Å²) in [4.78, 5) is 20.3. The molecule has 0 fully saturated rings. The molecule has 1 atom stereocenters. The SMILES string of the molecule is COc1ccc(-c2cnc3c(c2)C(C2=CCN(C(=O)c4cccs4)CC2C)=CC3)cc1OC. The van der Waals surface area contributed by atoms with Crippen molar-refractivity contribution in [3.8, 4) is 22.6 Å². The van der Waals surface area contributed by atoms with E-state index in [9.17, 15) is 4.79 Å². The third-order valence-electron chi connectivity index (χ3n) is 6.36. The van der Waals surface area contributed by atoms with E-state index in [1.54, 1.807) is 14.2 Å². The maximum atomic E-state index is 12.8. The lowest BCUT2D eigenvalue weighted by molar-refractivity contribution is 0.0756. The molecule has 0 bridgehead atoms. The van der Waals surface area contributed by atoms with E-state index in [0.717, 1.165) is 34.7 Å². The van der Waals surface area contributed by atoms with Crippen LogP contribution in [0.25, 0.3) is 16.7 Å². The number of ether oxygens (including phenoxy) is 2. The molecule has 5 nitrogen and oxygen atoms in total. The molecule has 1 aliphatic carbocycles. The van der Waals surface area contributed by atoms with Crippen LogP contribution < -0.4 is 9.47 Å². The molecule has 3 heterocycles. The van der Waals surface area contributed by atoms with Gasteiger partial charge < -0.3 is 14.4 Å². The number of allylic oxidation sites excluding steroid dienone is 2. The standard InChI is InChI=1S/C27H26N2O3S/c1-17-16-29(27(30)26-5-4-12-33-26)11-10-20(17)21-7-8-23-22(21)13-19(15-28-23)18-6-9-24(31-2)25(14-18)32-3/h4-7,9-10,12-15,17H,8,11,16H2,1-3H3. The lowest BCUT2D eigenvalue weighted by atomic mass is 9.87. The van der Waals surface area contributed by atoms with E-state index in [2.05, 4.69) is 25.1 Å². The van der Waals surface area contributed by atoms with Gasteiger partial charge in [-0.3, -0.25) is 9.78 Å². The first-order valence-electron chi connectivity index (χ1n) is 11.0. The number of benzene rings is 1. The molecular formula is C27H26N2O3S. The van der Waals surface area contributed by atoms with Crippen LogP contribution in [0.15, 0.2) is 65.7 Å². The second kappa shape index (κ2) is 8.87. The highest BCUT2D eigenvalue weighted by atomic mass is 32.1. The number of pyridine rings is 1. The summed E-state index contributed by atoms with van der Waals surface area (Å²) in [5.41, 5.74) is 6.90. The summed E-state index contributed by atoms with van der Waals surface area (Å²) >= 11 is 1.50. The number of methoxy groups -OCH3 is 2. The normalized spacial score (nSPS) is 17.3. The Morgan fingerprint density at radius 2 is 1.94 bits per heavy atom. The molecule has 6 heteroatoms. The van der Waals surface area contributed by atoms with E-state index in [-0.39, 0.29) is 11.8 Å². The van der Waals surface area contributed by atoms with Crippen LogP contribution in [0.4, 0.5) is 0 Å². The summed E-state index contributed by atoms with van der Waals surface area (Å²) in [6.07, 6.45) is 7.24. The van der Waals surface area contributed by atoms with Gasteiger partial charge >= 0.3 is 0 Å². The molecule has 1 aromatic carbocycles. The summed E-state index contributed by atoms with van der Waals surface area (Å²) in [5.74, 6) is 1.78. The Kier molecular flexibility index (Phi) is 5.77. The fourth-order valence-corrected chi connectivity index (χ4v) is 5.35. The van der Waals surface area contributed by atoms with Crippen LogP contribution in [-0.4, -0.2) is 43.1 Å². The number of carbonyl (C=O) groups is 1. The minimum atomic E-state index is 0.116. The molecule has 0 spiro atoms. The predicted octanol–water partition coefficient (Wildman–Crippen LogP) is 5.49. The molecule has 0 N–H and O–H groups in total. The number of carbonyl (C=O) groups excluding carboxylic acids is 1. The lowest BCUT2D eigenvalue weighted by Gasteiger charge is -2.31. The van der Waals surface area contributed by atoms with E-state index < -0.39 is 0 Å². The van der Waals surface area contributed by atoms with Gasteiger partial charge in [-0.2, -0.15) is 0 Å². The van der Waals surface area contributed by atoms with E-state index in [1.165, 1.54) is 28.0 Å². The molecule has 3 aromatic rings. The molecule has 1 amide bonds. The second-order valence-electron chi connectivity index (χ2n) is 8.36. The highest BCUT2D eigenvalue weighted by molar-refractivity contribution is 7.12. The molecule has 2 aliphatic rings. The predicted molar refractivity (Wildman–Crippen MR) is 132 cm³/mol. The molecule has 0 radical (unpaired) electrons. The molecule has 168 valence electrons. The lowest BCUT2D eigenvalue weighted by Crippen LogP contribution is -2.38. The topological polar surface area (TPSA) is 51.7 Å². The van der Waals surface area contributed by atoms with Gasteiger partial charge in [-0.1, -0.05) is 31.2 Å². The first kappa shape index (κ1) is 21.5. The Morgan fingerprint density at radius 1 is 1.09 bits per heavy atom. The first-order valence-corrected chi connectivity index (χ1v) is 11.9. The molecule has 1 unspecified atom stereocenters.